The van der Waals surface area contributed by atoms with Gasteiger partial charge >= 0.3 is 0 Å². The molecule has 3 aliphatic rings. The number of carbonyl (C=O) groups is 2. The molecule has 1 unspecified atom stereocenters. The number of benzene rings is 1. The molecule has 1 atom stereocenters. The van der Waals surface area contributed by atoms with Crippen molar-refractivity contribution >= 4 is 17.5 Å². The molecule has 2 amide bonds. The predicted molar refractivity (Wildman–Crippen MR) is 89.5 cm³/mol. The van der Waals surface area contributed by atoms with Crippen LogP contribution >= 0.6 is 0 Å². The topological polar surface area (TPSA) is 40.6 Å². The first-order valence-electron chi connectivity index (χ1n) is 8.76. The van der Waals surface area contributed by atoms with Crippen LogP contribution in [0.3, 0.4) is 0 Å². The summed E-state index contributed by atoms with van der Waals surface area (Å²) in [6.45, 7) is 3.72. The zero-order valence-electron chi connectivity index (χ0n) is 14.1. The van der Waals surface area contributed by atoms with Crippen LogP contribution in [0.15, 0.2) is 24.3 Å². The Bertz CT molecular complexity index is 683. The van der Waals surface area contributed by atoms with Gasteiger partial charge in [-0.2, -0.15) is 0 Å². The van der Waals surface area contributed by atoms with Crippen LogP contribution in [0.1, 0.15) is 37.7 Å². The van der Waals surface area contributed by atoms with Crippen molar-refractivity contribution in [1.82, 2.24) is 4.90 Å². The Morgan fingerprint density at radius 3 is 2.46 bits per heavy atom. The minimum atomic E-state index is -1.63. The van der Waals surface area contributed by atoms with Crippen LogP contribution in [0.4, 0.5) is 10.1 Å². The fraction of sp³-hybridized carbons (Fsp3) is 0.579. The number of hydrogen-bond acceptors (Lipinski definition) is 2. The highest BCUT2D eigenvalue weighted by molar-refractivity contribution is 5.96. The van der Waals surface area contributed by atoms with Crippen molar-refractivity contribution in [3.63, 3.8) is 0 Å². The van der Waals surface area contributed by atoms with Crippen LogP contribution in [-0.4, -0.2) is 42.0 Å². The SMILES string of the molecule is Cc1ccc(N2CC3(CCN(C(=O)C4(F)CCC4)C3)CC2=O)cc1. The molecule has 24 heavy (non-hydrogen) atoms. The Morgan fingerprint density at radius 2 is 1.83 bits per heavy atom. The van der Waals surface area contributed by atoms with E-state index in [1.165, 1.54) is 0 Å². The summed E-state index contributed by atoms with van der Waals surface area (Å²) in [6.07, 6.45) is 2.72. The van der Waals surface area contributed by atoms with Gasteiger partial charge in [-0.25, -0.2) is 4.39 Å². The van der Waals surface area contributed by atoms with Crippen LogP contribution in [0, 0.1) is 12.3 Å². The van der Waals surface area contributed by atoms with Crippen molar-refractivity contribution in [2.75, 3.05) is 24.5 Å². The molecule has 1 saturated carbocycles. The van der Waals surface area contributed by atoms with Gasteiger partial charge in [-0.05, 0) is 44.7 Å². The van der Waals surface area contributed by atoms with E-state index in [-0.39, 0.29) is 17.2 Å². The van der Waals surface area contributed by atoms with Crippen molar-refractivity contribution in [3.05, 3.63) is 29.8 Å². The molecule has 128 valence electrons. The van der Waals surface area contributed by atoms with Gasteiger partial charge < -0.3 is 9.80 Å². The number of amides is 2. The lowest BCUT2D eigenvalue weighted by Crippen LogP contribution is -2.50. The quantitative estimate of drug-likeness (QED) is 0.837. The van der Waals surface area contributed by atoms with Gasteiger partial charge in [0.25, 0.3) is 5.91 Å². The molecule has 1 spiro atoms. The molecule has 1 aromatic carbocycles. The predicted octanol–water partition coefficient (Wildman–Crippen LogP) is 2.84. The van der Waals surface area contributed by atoms with Gasteiger partial charge in [-0.3, -0.25) is 9.59 Å². The molecule has 3 fully saturated rings. The summed E-state index contributed by atoms with van der Waals surface area (Å²) in [5, 5.41) is 0. The highest BCUT2D eigenvalue weighted by atomic mass is 19.1. The van der Waals surface area contributed by atoms with Gasteiger partial charge in [-0.15, -0.1) is 0 Å². The second-order valence-corrected chi connectivity index (χ2v) is 7.79. The summed E-state index contributed by atoms with van der Waals surface area (Å²) in [6, 6.07) is 7.94. The van der Waals surface area contributed by atoms with E-state index < -0.39 is 5.67 Å². The van der Waals surface area contributed by atoms with E-state index in [2.05, 4.69) is 0 Å². The van der Waals surface area contributed by atoms with Gasteiger partial charge in [0.15, 0.2) is 5.67 Å². The average molecular weight is 330 g/mol. The molecule has 0 radical (unpaired) electrons. The molecular weight excluding hydrogens is 307 g/mol. The van der Waals surface area contributed by atoms with Crippen molar-refractivity contribution < 1.29 is 14.0 Å². The summed E-state index contributed by atoms with van der Waals surface area (Å²) >= 11 is 0. The molecule has 4 rings (SSSR count). The lowest BCUT2D eigenvalue weighted by atomic mass is 9.81. The fourth-order valence-electron chi connectivity index (χ4n) is 4.22. The molecule has 1 aliphatic carbocycles. The van der Waals surface area contributed by atoms with Gasteiger partial charge in [0.05, 0.1) is 0 Å². The summed E-state index contributed by atoms with van der Waals surface area (Å²) in [5.41, 5.74) is 0.224. The minimum absolute atomic E-state index is 0.103. The largest absolute Gasteiger partial charge is 0.339 e. The van der Waals surface area contributed by atoms with Gasteiger partial charge in [0.1, 0.15) is 0 Å². The Hall–Kier alpha value is -1.91. The van der Waals surface area contributed by atoms with Crippen molar-refractivity contribution in [1.29, 1.82) is 0 Å². The second-order valence-electron chi connectivity index (χ2n) is 7.79. The number of halogens is 1. The molecule has 0 N–H and O–H groups in total. The van der Waals surface area contributed by atoms with E-state index in [1.807, 2.05) is 36.1 Å². The number of hydrogen-bond donors (Lipinski definition) is 0. The highest BCUT2D eigenvalue weighted by Gasteiger charge is 2.53. The lowest BCUT2D eigenvalue weighted by Gasteiger charge is -2.36. The molecule has 0 aromatic heterocycles. The van der Waals surface area contributed by atoms with E-state index in [9.17, 15) is 14.0 Å². The maximum atomic E-state index is 14.4. The summed E-state index contributed by atoms with van der Waals surface area (Å²) < 4.78 is 14.4. The first kappa shape index (κ1) is 15.6. The standard InChI is InChI=1S/C19H23FN2O2/c1-14-3-5-15(6-4-14)22-13-18(11-16(22)23)9-10-21(12-18)17(24)19(20)7-2-8-19/h3-6H,2,7-13H2,1H3. The van der Waals surface area contributed by atoms with E-state index in [0.717, 1.165) is 24.1 Å². The summed E-state index contributed by atoms with van der Waals surface area (Å²) in [7, 11) is 0. The number of rotatable bonds is 2. The number of anilines is 1. The first-order chi connectivity index (χ1) is 11.4. The van der Waals surface area contributed by atoms with Crippen LogP contribution in [0.25, 0.3) is 0 Å². The van der Waals surface area contributed by atoms with Gasteiger partial charge in [0.2, 0.25) is 5.91 Å². The molecule has 0 bridgehead atoms. The zero-order chi connectivity index (χ0) is 16.9. The maximum Gasteiger partial charge on any atom is 0.260 e. The molecule has 2 saturated heterocycles. The molecule has 1 aromatic rings. The third-order valence-corrected chi connectivity index (χ3v) is 5.92. The van der Waals surface area contributed by atoms with Crippen LogP contribution in [-0.2, 0) is 9.59 Å². The number of nitrogens with zero attached hydrogens (tertiary/aromatic N) is 2. The van der Waals surface area contributed by atoms with Crippen LogP contribution < -0.4 is 4.90 Å². The number of aryl methyl sites for hydroxylation is 1. The number of alkyl halides is 1. The minimum Gasteiger partial charge on any atom is -0.339 e. The average Bonchev–Trinajstić information content (AvgIpc) is 3.09. The second kappa shape index (κ2) is 5.30. The molecule has 4 nitrogen and oxygen atoms in total. The van der Waals surface area contributed by atoms with Crippen molar-refractivity contribution in [3.8, 4) is 0 Å². The summed E-state index contributed by atoms with van der Waals surface area (Å²) in [4.78, 5) is 28.4. The Labute approximate surface area is 141 Å². The van der Waals surface area contributed by atoms with Crippen LogP contribution in [0.2, 0.25) is 0 Å². The third-order valence-electron chi connectivity index (χ3n) is 5.92. The van der Waals surface area contributed by atoms with Gasteiger partial charge in [0, 0.05) is 37.2 Å². The lowest BCUT2D eigenvalue weighted by molar-refractivity contribution is -0.149. The third kappa shape index (κ3) is 2.41. The fourth-order valence-corrected chi connectivity index (χ4v) is 4.22. The van der Waals surface area contributed by atoms with Crippen molar-refractivity contribution in [2.24, 2.45) is 5.41 Å². The number of carbonyl (C=O) groups excluding carboxylic acids is 2. The smallest absolute Gasteiger partial charge is 0.260 e. The maximum absolute atomic E-state index is 14.4. The number of likely N-dealkylation sites (tertiary alicyclic amines) is 1. The molecule has 2 heterocycles. The summed E-state index contributed by atoms with van der Waals surface area (Å²) in [5.74, 6) is -0.251. The molecule has 2 aliphatic heterocycles. The van der Waals surface area contributed by atoms with E-state index in [0.29, 0.717) is 38.9 Å². The van der Waals surface area contributed by atoms with Crippen LogP contribution in [0.5, 0.6) is 0 Å². The monoisotopic (exact) mass is 330 g/mol. The Morgan fingerprint density at radius 1 is 1.12 bits per heavy atom. The first-order valence-corrected chi connectivity index (χ1v) is 8.76. The normalized spacial score (nSPS) is 28.5. The van der Waals surface area contributed by atoms with E-state index in [1.54, 1.807) is 4.90 Å². The van der Waals surface area contributed by atoms with E-state index >= 15 is 0 Å². The van der Waals surface area contributed by atoms with Crippen molar-refractivity contribution in [2.45, 2.75) is 44.7 Å². The van der Waals surface area contributed by atoms with Gasteiger partial charge in [-0.1, -0.05) is 17.7 Å². The highest BCUT2D eigenvalue weighted by Crippen LogP contribution is 2.44. The molecule has 5 heteroatoms. The Balaban J connectivity index is 1.48. The van der Waals surface area contributed by atoms with E-state index in [4.69, 9.17) is 0 Å². The zero-order valence-corrected chi connectivity index (χ0v) is 14.1. The Kier molecular flexibility index (Phi) is 3.44. The molecular formula is C19H23FN2O2.